The maximum Gasteiger partial charge on any atom is 0.249 e. The molecule has 2 heterocycles. The molecule has 2 aliphatic heterocycles. The van der Waals surface area contributed by atoms with Gasteiger partial charge in [-0.2, -0.15) is 0 Å². The van der Waals surface area contributed by atoms with Crippen LogP contribution in [0.25, 0.3) is 0 Å². The van der Waals surface area contributed by atoms with E-state index < -0.39 is 0 Å². The first-order chi connectivity index (χ1) is 8.58. The topological polar surface area (TPSA) is 86.5 Å². The number of fused-ring (bicyclic) bond motifs is 1. The van der Waals surface area contributed by atoms with Gasteiger partial charge in [-0.3, -0.25) is 9.59 Å². The summed E-state index contributed by atoms with van der Waals surface area (Å²) < 4.78 is 0. The third-order valence-corrected chi connectivity index (χ3v) is 2.54. The quantitative estimate of drug-likeness (QED) is 0.719. The molecule has 7 heteroatoms. The summed E-state index contributed by atoms with van der Waals surface area (Å²) >= 11 is 0. The summed E-state index contributed by atoms with van der Waals surface area (Å²) in [7, 11) is 3.27. The normalized spacial score (nSPS) is 16.4. The molecule has 1 N–H and O–H groups in total. The number of carbonyl (C=O) groups excluding carboxylic acids is 2. The first kappa shape index (κ1) is 12.2. The first-order valence-electron chi connectivity index (χ1n) is 5.42. The zero-order chi connectivity index (χ0) is 13.1. The van der Waals surface area contributed by atoms with Gasteiger partial charge in [0.1, 0.15) is 6.34 Å². The van der Waals surface area contributed by atoms with Crippen LogP contribution in [-0.4, -0.2) is 55.2 Å². The highest BCUT2D eigenvalue weighted by atomic mass is 16.2. The smallest absolute Gasteiger partial charge is 0.249 e. The molecule has 0 saturated carbocycles. The molecule has 0 spiro atoms. The Kier molecular flexibility index (Phi) is 3.31. The van der Waals surface area contributed by atoms with E-state index in [0.717, 1.165) is 0 Å². The molecule has 0 aliphatic carbocycles. The van der Waals surface area contributed by atoms with E-state index in [0.29, 0.717) is 23.5 Å². The molecule has 0 bridgehead atoms. The minimum atomic E-state index is -0.303. The van der Waals surface area contributed by atoms with Crippen molar-refractivity contribution in [3.05, 3.63) is 11.8 Å². The number of nitrogens with zero attached hydrogens (tertiary/aromatic N) is 4. The highest BCUT2D eigenvalue weighted by Gasteiger charge is 2.22. The van der Waals surface area contributed by atoms with Gasteiger partial charge < -0.3 is 10.2 Å². The van der Waals surface area contributed by atoms with Crippen LogP contribution >= 0.6 is 0 Å². The zero-order valence-corrected chi connectivity index (χ0v) is 10.2. The summed E-state index contributed by atoms with van der Waals surface area (Å²) in [6, 6.07) is 0. The third-order valence-electron chi connectivity index (χ3n) is 2.54. The van der Waals surface area contributed by atoms with E-state index in [1.165, 1.54) is 17.4 Å². The fraction of sp³-hybridized carbons (Fsp3) is 0.364. The molecular formula is C11H13N5O2. The second kappa shape index (κ2) is 4.91. The van der Waals surface area contributed by atoms with Gasteiger partial charge in [0, 0.05) is 32.3 Å². The van der Waals surface area contributed by atoms with Crippen molar-refractivity contribution >= 4 is 29.7 Å². The van der Waals surface area contributed by atoms with Crippen molar-refractivity contribution in [2.24, 2.45) is 15.0 Å². The van der Waals surface area contributed by atoms with E-state index in [2.05, 4.69) is 20.3 Å². The number of likely N-dealkylation sites (N-methyl/N-ethyl adjacent to an activating group) is 1. The van der Waals surface area contributed by atoms with E-state index in [-0.39, 0.29) is 18.4 Å². The van der Waals surface area contributed by atoms with E-state index in [4.69, 9.17) is 0 Å². The van der Waals surface area contributed by atoms with Crippen molar-refractivity contribution in [1.82, 2.24) is 10.2 Å². The fourth-order valence-electron chi connectivity index (χ4n) is 1.45. The number of amidine groups is 1. The number of rotatable bonds is 3. The van der Waals surface area contributed by atoms with Crippen molar-refractivity contribution in [2.45, 2.75) is 6.42 Å². The molecule has 0 fully saturated rings. The maximum absolute atomic E-state index is 11.8. The van der Waals surface area contributed by atoms with Crippen LogP contribution in [0.1, 0.15) is 6.42 Å². The Morgan fingerprint density at radius 1 is 1.39 bits per heavy atom. The minimum Gasteiger partial charge on any atom is -0.347 e. The van der Waals surface area contributed by atoms with Crippen molar-refractivity contribution in [1.29, 1.82) is 0 Å². The van der Waals surface area contributed by atoms with E-state index in [9.17, 15) is 9.59 Å². The average molecular weight is 247 g/mol. The van der Waals surface area contributed by atoms with Gasteiger partial charge in [-0.1, -0.05) is 0 Å². The van der Waals surface area contributed by atoms with Crippen LogP contribution in [0.3, 0.4) is 0 Å². The number of hydrogen-bond donors (Lipinski definition) is 1. The zero-order valence-electron chi connectivity index (χ0n) is 10.2. The summed E-state index contributed by atoms with van der Waals surface area (Å²) in [4.78, 5) is 36.5. The lowest BCUT2D eigenvalue weighted by Gasteiger charge is -2.13. The number of carbonyl (C=O) groups is 2. The van der Waals surface area contributed by atoms with Crippen LogP contribution in [0.2, 0.25) is 0 Å². The van der Waals surface area contributed by atoms with E-state index in [1.54, 1.807) is 14.1 Å². The monoisotopic (exact) mass is 247 g/mol. The summed E-state index contributed by atoms with van der Waals surface area (Å²) in [5.41, 5.74) is 1.16. The van der Waals surface area contributed by atoms with Crippen molar-refractivity contribution < 1.29 is 9.59 Å². The van der Waals surface area contributed by atoms with Crippen LogP contribution in [-0.2, 0) is 9.59 Å². The van der Waals surface area contributed by atoms with Crippen LogP contribution < -0.4 is 5.32 Å². The molecule has 0 saturated heterocycles. The Morgan fingerprint density at radius 2 is 2.17 bits per heavy atom. The summed E-state index contributed by atoms with van der Waals surface area (Å²) in [6.45, 7) is -0.0251. The molecule has 94 valence electrons. The molecule has 18 heavy (non-hydrogen) atoms. The summed E-state index contributed by atoms with van der Waals surface area (Å²) in [5.74, 6) is 0.0870. The summed E-state index contributed by atoms with van der Waals surface area (Å²) in [6.07, 6.45) is 3.27. The number of aliphatic imine (C=N–C) groups is 3. The van der Waals surface area contributed by atoms with Crippen LogP contribution in [0, 0.1) is 0 Å². The molecule has 7 nitrogen and oxygen atoms in total. The number of hydrogen-bond acceptors (Lipinski definition) is 5. The van der Waals surface area contributed by atoms with Crippen LogP contribution in [0.15, 0.2) is 26.8 Å². The number of amides is 2. The van der Waals surface area contributed by atoms with Gasteiger partial charge in [0.15, 0.2) is 5.84 Å². The predicted octanol–water partition coefficient (Wildman–Crippen LogP) is -0.640. The fourth-order valence-corrected chi connectivity index (χ4v) is 1.45. The Balaban J connectivity index is 1.94. The SMILES string of the molecule is CN(C)C(=O)CNC(=O)C1=CN=C2N=CN=C2C1. The lowest BCUT2D eigenvalue weighted by atomic mass is 10.1. The van der Waals surface area contributed by atoms with E-state index in [1.807, 2.05) is 0 Å². The molecule has 0 radical (unpaired) electrons. The number of nitrogens with one attached hydrogen (secondary N) is 1. The minimum absolute atomic E-state index is 0.0251. The molecule has 0 aromatic heterocycles. The Morgan fingerprint density at radius 3 is 2.89 bits per heavy atom. The highest BCUT2D eigenvalue weighted by Crippen LogP contribution is 2.14. The van der Waals surface area contributed by atoms with Gasteiger partial charge in [0.25, 0.3) is 0 Å². The average Bonchev–Trinajstić information content (AvgIpc) is 2.82. The lowest BCUT2D eigenvalue weighted by Crippen LogP contribution is -2.37. The van der Waals surface area contributed by atoms with Gasteiger partial charge in [-0.25, -0.2) is 15.0 Å². The largest absolute Gasteiger partial charge is 0.347 e. The molecule has 0 aromatic rings. The molecule has 0 aromatic carbocycles. The van der Waals surface area contributed by atoms with Crippen LogP contribution in [0.5, 0.6) is 0 Å². The standard InChI is InChI=1S/C11H13N5O2/c1-16(2)9(17)5-13-11(18)7-3-8-10(12-4-7)15-6-14-8/h4,6H,3,5H2,1-2H3,(H,13,18). The van der Waals surface area contributed by atoms with E-state index >= 15 is 0 Å². The lowest BCUT2D eigenvalue weighted by molar-refractivity contribution is -0.130. The van der Waals surface area contributed by atoms with Crippen molar-refractivity contribution in [3.63, 3.8) is 0 Å². The first-order valence-corrected chi connectivity index (χ1v) is 5.42. The molecular weight excluding hydrogens is 234 g/mol. The predicted molar refractivity (Wildman–Crippen MR) is 67.8 cm³/mol. The molecule has 2 rings (SSSR count). The summed E-state index contributed by atoms with van der Waals surface area (Å²) in [5, 5.41) is 2.55. The second-order valence-electron chi connectivity index (χ2n) is 4.08. The van der Waals surface area contributed by atoms with Gasteiger partial charge in [-0.15, -0.1) is 0 Å². The molecule has 2 amide bonds. The Hall–Kier alpha value is -2.31. The molecule has 2 aliphatic rings. The maximum atomic E-state index is 11.8. The van der Waals surface area contributed by atoms with Crippen molar-refractivity contribution in [3.8, 4) is 0 Å². The van der Waals surface area contributed by atoms with Gasteiger partial charge >= 0.3 is 0 Å². The van der Waals surface area contributed by atoms with Gasteiger partial charge in [0.2, 0.25) is 11.8 Å². The van der Waals surface area contributed by atoms with Gasteiger partial charge in [0.05, 0.1) is 12.3 Å². The van der Waals surface area contributed by atoms with Crippen molar-refractivity contribution in [2.75, 3.05) is 20.6 Å². The Bertz CT molecular complexity index is 514. The molecule has 0 unspecified atom stereocenters. The van der Waals surface area contributed by atoms with Crippen LogP contribution in [0.4, 0.5) is 0 Å². The highest BCUT2D eigenvalue weighted by molar-refractivity contribution is 6.47. The Labute approximate surface area is 104 Å². The third kappa shape index (κ3) is 2.50. The van der Waals surface area contributed by atoms with Gasteiger partial charge in [-0.05, 0) is 0 Å². The second-order valence-corrected chi connectivity index (χ2v) is 4.08. The molecule has 0 atom stereocenters.